The molecule has 0 spiro atoms. The molecule has 0 aliphatic carbocycles. The van der Waals surface area contributed by atoms with Crippen molar-refractivity contribution in [3.63, 3.8) is 0 Å². The van der Waals surface area contributed by atoms with E-state index in [9.17, 15) is 0 Å². The van der Waals surface area contributed by atoms with Crippen molar-refractivity contribution in [1.29, 1.82) is 0 Å². The molecule has 0 atom stereocenters. The molecule has 1 aromatic rings. The van der Waals surface area contributed by atoms with Gasteiger partial charge in [0.2, 0.25) is 0 Å². The Morgan fingerprint density at radius 3 is 1.23 bits per heavy atom. The van der Waals surface area contributed by atoms with E-state index in [0.717, 1.165) is 22.6 Å². The van der Waals surface area contributed by atoms with Crippen LogP contribution < -0.4 is 9.47 Å². The first-order valence-corrected chi connectivity index (χ1v) is 14.4. The summed E-state index contributed by atoms with van der Waals surface area (Å²) in [5, 5.41) is 0. The van der Waals surface area contributed by atoms with Crippen molar-refractivity contribution in [3.8, 4) is 34.4 Å². The smallest absolute Gasteiger partial charge is 0.136 e. The molecule has 4 heteroatoms. The Balaban J connectivity index is 3.60. The highest BCUT2D eigenvalue weighted by Gasteiger charge is 2.15. The average molecular weight is 331 g/mol. The van der Waals surface area contributed by atoms with Crippen LogP contribution in [-0.2, 0) is 0 Å². The Morgan fingerprint density at radius 2 is 1.00 bits per heavy atom. The van der Waals surface area contributed by atoms with Crippen LogP contribution in [0.2, 0.25) is 39.3 Å². The third-order valence-corrected chi connectivity index (χ3v) is 4.44. The molecule has 0 aromatic heterocycles. The summed E-state index contributed by atoms with van der Waals surface area (Å²) < 4.78 is 11.0. The van der Waals surface area contributed by atoms with Crippen LogP contribution in [0.25, 0.3) is 0 Å². The van der Waals surface area contributed by atoms with Gasteiger partial charge in [-0.15, -0.1) is 11.1 Å². The summed E-state index contributed by atoms with van der Waals surface area (Å²) in [5.74, 6) is 8.12. The molecular weight excluding hydrogens is 304 g/mol. The van der Waals surface area contributed by atoms with Gasteiger partial charge < -0.3 is 9.47 Å². The minimum absolute atomic E-state index is 0.756. The van der Waals surface area contributed by atoms with Crippen molar-refractivity contribution in [2.45, 2.75) is 39.3 Å². The number of rotatable bonds is 2. The molecule has 1 aromatic carbocycles. The van der Waals surface area contributed by atoms with E-state index < -0.39 is 16.1 Å². The summed E-state index contributed by atoms with van der Waals surface area (Å²) in [4.78, 5) is 0. The third-order valence-electron chi connectivity index (χ3n) is 2.69. The van der Waals surface area contributed by atoms with E-state index >= 15 is 0 Å². The lowest BCUT2D eigenvalue weighted by molar-refractivity contribution is 0.401. The molecule has 0 aliphatic rings. The third kappa shape index (κ3) is 5.63. The molecule has 0 radical (unpaired) electrons. The Hall–Kier alpha value is -1.63. The van der Waals surface area contributed by atoms with Gasteiger partial charge >= 0.3 is 0 Å². The highest BCUT2D eigenvalue weighted by Crippen LogP contribution is 2.29. The Labute approximate surface area is 137 Å². The molecule has 0 saturated carbocycles. The van der Waals surface area contributed by atoms with Crippen molar-refractivity contribution in [2.75, 3.05) is 14.2 Å². The molecule has 0 heterocycles. The molecule has 0 aliphatic heterocycles. The largest absolute Gasteiger partial charge is 0.495 e. The van der Waals surface area contributed by atoms with Gasteiger partial charge in [-0.2, -0.15) is 0 Å². The first-order valence-electron chi connectivity index (χ1n) is 7.39. The lowest BCUT2D eigenvalue weighted by atomic mass is 10.1. The van der Waals surface area contributed by atoms with Gasteiger partial charge in [0.15, 0.2) is 0 Å². The molecule has 0 bridgehead atoms. The summed E-state index contributed by atoms with van der Waals surface area (Å²) >= 11 is 0. The van der Waals surface area contributed by atoms with Crippen LogP contribution in [0.15, 0.2) is 12.1 Å². The Kier molecular flexibility index (Phi) is 5.94. The fraction of sp³-hybridized carbons (Fsp3) is 0.444. The quantitative estimate of drug-likeness (QED) is 0.599. The second-order valence-corrected chi connectivity index (χ2v) is 16.7. The zero-order valence-corrected chi connectivity index (χ0v) is 17.0. The first-order chi connectivity index (χ1) is 10.1. The van der Waals surface area contributed by atoms with Gasteiger partial charge in [0.05, 0.1) is 25.3 Å². The van der Waals surface area contributed by atoms with Crippen LogP contribution in [0.4, 0.5) is 0 Å². The van der Waals surface area contributed by atoms with E-state index in [0.29, 0.717) is 0 Å². The Bertz CT molecular complexity index is 598. The monoisotopic (exact) mass is 330 g/mol. The van der Waals surface area contributed by atoms with Crippen LogP contribution in [0.1, 0.15) is 11.1 Å². The average Bonchev–Trinajstić information content (AvgIpc) is 2.40. The highest BCUT2D eigenvalue weighted by molar-refractivity contribution is 6.84. The van der Waals surface area contributed by atoms with Crippen molar-refractivity contribution in [2.24, 2.45) is 0 Å². The van der Waals surface area contributed by atoms with Gasteiger partial charge in [-0.05, 0) is 12.1 Å². The number of hydrogen-bond donors (Lipinski definition) is 0. The summed E-state index contributed by atoms with van der Waals surface area (Å²) in [6, 6.07) is 3.79. The predicted octanol–water partition coefficient (Wildman–Crippen LogP) is 4.16. The second kappa shape index (κ2) is 7.09. The van der Waals surface area contributed by atoms with Crippen molar-refractivity contribution < 1.29 is 9.47 Å². The van der Waals surface area contributed by atoms with Crippen LogP contribution in [0.5, 0.6) is 11.5 Å². The van der Waals surface area contributed by atoms with Crippen LogP contribution in [-0.4, -0.2) is 30.4 Å². The first kappa shape index (κ1) is 18.4. The van der Waals surface area contributed by atoms with E-state index in [1.54, 1.807) is 14.2 Å². The van der Waals surface area contributed by atoms with Gasteiger partial charge in [0, 0.05) is 0 Å². The van der Waals surface area contributed by atoms with E-state index in [2.05, 4.69) is 62.2 Å². The molecule has 0 saturated heterocycles. The molecule has 0 amide bonds. The number of hydrogen-bond acceptors (Lipinski definition) is 2. The number of ether oxygens (including phenoxy) is 2. The van der Waals surface area contributed by atoms with Gasteiger partial charge in [-0.1, -0.05) is 51.1 Å². The Morgan fingerprint density at radius 1 is 0.682 bits per heavy atom. The van der Waals surface area contributed by atoms with E-state index in [1.807, 2.05) is 12.1 Å². The topological polar surface area (TPSA) is 18.5 Å². The molecular formula is C18H26O2Si2. The van der Waals surface area contributed by atoms with E-state index in [-0.39, 0.29) is 0 Å². The number of benzene rings is 1. The predicted molar refractivity (Wildman–Crippen MR) is 100.0 cm³/mol. The van der Waals surface area contributed by atoms with Crippen LogP contribution in [0, 0.1) is 22.9 Å². The molecule has 22 heavy (non-hydrogen) atoms. The van der Waals surface area contributed by atoms with Gasteiger partial charge in [-0.3, -0.25) is 0 Å². The maximum atomic E-state index is 5.48. The molecule has 0 N–H and O–H groups in total. The minimum Gasteiger partial charge on any atom is -0.495 e. The summed E-state index contributed by atoms with van der Waals surface area (Å²) in [6.45, 7) is 13.3. The molecule has 0 unspecified atom stereocenters. The summed E-state index contributed by atoms with van der Waals surface area (Å²) in [5.41, 5.74) is 8.48. The van der Waals surface area contributed by atoms with Crippen molar-refractivity contribution in [3.05, 3.63) is 23.3 Å². The maximum absolute atomic E-state index is 5.48. The van der Waals surface area contributed by atoms with Crippen molar-refractivity contribution in [1.82, 2.24) is 0 Å². The SMILES string of the molecule is COc1ccc(OC)c(C#C[Si](C)(C)C)c1C#C[Si](C)(C)C. The fourth-order valence-electron chi connectivity index (χ4n) is 1.65. The highest BCUT2D eigenvalue weighted by atomic mass is 28.3. The fourth-order valence-corrected chi connectivity index (χ4v) is 2.65. The normalized spacial score (nSPS) is 10.9. The maximum Gasteiger partial charge on any atom is 0.136 e. The summed E-state index contributed by atoms with van der Waals surface area (Å²) in [7, 11) is 0.362. The van der Waals surface area contributed by atoms with E-state index in [4.69, 9.17) is 9.47 Å². The lowest BCUT2D eigenvalue weighted by Gasteiger charge is -2.12. The second-order valence-electron chi connectivity index (χ2n) is 7.22. The van der Waals surface area contributed by atoms with Gasteiger partial charge in [0.25, 0.3) is 0 Å². The standard InChI is InChI=1S/C18H26O2Si2/c1-19-17-9-10-18(20-2)16(12-14-22(6,7)8)15(17)11-13-21(3,4)5/h9-10H,1-8H3. The van der Waals surface area contributed by atoms with Crippen molar-refractivity contribution >= 4 is 16.1 Å². The summed E-state index contributed by atoms with van der Waals surface area (Å²) in [6.07, 6.45) is 0. The van der Waals surface area contributed by atoms with Crippen LogP contribution >= 0.6 is 0 Å². The molecule has 2 nitrogen and oxygen atoms in total. The zero-order chi connectivity index (χ0) is 17.0. The van der Waals surface area contributed by atoms with Gasteiger partial charge in [-0.25, -0.2) is 0 Å². The van der Waals surface area contributed by atoms with Gasteiger partial charge in [0.1, 0.15) is 27.6 Å². The molecule has 0 fully saturated rings. The van der Waals surface area contributed by atoms with Crippen LogP contribution in [0.3, 0.4) is 0 Å². The minimum atomic E-state index is -1.48. The van der Waals surface area contributed by atoms with E-state index in [1.165, 1.54) is 0 Å². The zero-order valence-electron chi connectivity index (χ0n) is 15.0. The molecule has 118 valence electrons. The number of methoxy groups -OCH3 is 2. The lowest BCUT2D eigenvalue weighted by Crippen LogP contribution is -2.17. The molecule has 1 rings (SSSR count).